The Morgan fingerprint density at radius 3 is 3.38 bits per heavy atom. The summed E-state index contributed by atoms with van der Waals surface area (Å²) in [4.78, 5) is 4.38. The van der Waals surface area contributed by atoms with Crippen LogP contribution < -0.4 is 4.74 Å². The van der Waals surface area contributed by atoms with Crippen LogP contribution in [0.5, 0.6) is 5.75 Å². The molecule has 66 valence electrons. The molecule has 0 saturated heterocycles. The highest BCUT2D eigenvalue weighted by Crippen LogP contribution is 2.43. The van der Waals surface area contributed by atoms with Crippen LogP contribution in [0.1, 0.15) is 24.3 Å². The van der Waals surface area contributed by atoms with E-state index in [1.165, 1.54) is 5.56 Å². The Morgan fingerprint density at radius 1 is 1.38 bits per heavy atom. The number of aliphatic imine (C=N–C) groups is 1. The third-order valence-electron chi connectivity index (χ3n) is 2.80. The fourth-order valence-corrected chi connectivity index (χ4v) is 2.15. The summed E-state index contributed by atoms with van der Waals surface area (Å²) in [6.45, 7) is 0.856. The second-order valence-electron chi connectivity index (χ2n) is 3.57. The summed E-state index contributed by atoms with van der Waals surface area (Å²) in [6.07, 6.45) is 4.24. The van der Waals surface area contributed by atoms with Gasteiger partial charge in [0, 0.05) is 11.8 Å². The van der Waals surface area contributed by atoms with Crippen LogP contribution in [0, 0.1) is 0 Å². The van der Waals surface area contributed by atoms with Crippen LogP contribution in [0.15, 0.2) is 23.2 Å². The van der Waals surface area contributed by atoms with E-state index in [9.17, 15) is 0 Å². The Balaban J connectivity index is 2.24. The van der Waals surface area contributed by atoms with Crippen molar-refractivity contribution in [3.8, 4) is 5.75 Å². The molecule has 2 heteroatoms. The number of ether oxygens (including phenoxy) is 1. The maximum Gasteiger partial charge on any atom is 0.124 e. The van der Waals surface area contributed by atoms with Gasteiger partial charge in [-0.2, -0.15) is 0 Å². The molecule has 1 unspecified atom stereocenters. The molecule has 0 fully saturated rings. The average molecular weight is 173 g/mol. The molecule has 3 rings (SSSR count). The molecule has 0 radical (unpaired) electrons. The smallest absolute Gasteiger partial charge is 0.124 e. The van der Waals surface area contributed by atoms with Crippen LogP contribution in [-0.2, 0) is 0 Å². The third kappa shape index (κ3) is 0.981. The van der Waals surface area contributed by atoms with Gasteiger partial charge in [0.1, 0.15) is 5.75 Å². The van der Waals surface area contributed by atoms with E-state index in [1.807, 2.05) is 18.3 Å². The lowest BCUT2D eigenvalue weighted by Crippen LogP contribution is -2.16. The van der Waals surface area contributed by atoms with Gasteiger partial charge in [-0.25, -0.2) is 0 Å². The molecule has 0 bridgehead atoms. The summed E-state index contributed by atoms with van der Waals surface area (Å²) in [5, 5.41) is 0. The van der Waals surface area contributed by atoms with Crippen LogP contribution in [-0.4, -0.2) is 12.8 Å². The predicted octanol–water partition coefficient (Wildman–Crippen LogP) is 2.66. The van der Waals surface area contributed by atoms with Crippen molar-refractivity contribution in [3.05, 3.63) is 23.8 Å². The minimum atomic E-state index is 0.650. The fraction of sp³-hybridized carbons (Fsp3) is 0.364. The molecule has 13 heavy (non-hydrogen) atoms. The third-order valence-corrected chi connectivity index (χ3v) is 2.80. The highest BCUT2D eigenvalue weighted by molar-refractivity contribution is 5.72. The molecule has 0 amide bonds. The number of hydrogen-bond donors (Lipinski definition) is 0. The highest BCUT2D eigenvalue weighted by atomic mass is 16.5. The van der Waals surface area contributed by atoms with Crippen molar-refractivity contribution in [1.82, 2.24) is 0 Å². The van der Waals surface area contributed by atoms with Gasteiger partial charge in [-0.1, -0.05) is 6.07 Å². The minimum Gasteiger partial charge on any atom is -0.493 e. The van der Waals surface area contributed by atoms with Crippen molar-refractivity contribution >= 4 is 11.9 Å². The molecular weight excluding hydrogens is 162 g/mol. The quantitative estimate of drug-likeness (QED) is 0.591. The molecule has 2 aliphatic rings. The number of hydrogen-bond acceptors (Lipinski definition) is 2. The van der Waals surface area contributed by atoms with Crippen LogP contribution in [0.2, 0.25) is 0 Å². The van der Waals surface area contributed by atoms with E-state index in [4.69, 9.17) is 4.74 Å². The maximum atomic E-state index is 5.60. The van der Waals surface area contributed by atoms with Crippen LogP contribution in [0.25, 0.3) is 0 Å². The molecule has 2 aliphatic heterocycles. The molecule has 0 spiro atoms. The van der Waals surface area contributed by atoms with E-state index in [0.29, 0.717) is 5.92 Å². The van der Waals surface area contributed by atoms with E-state index >= 15 is 0 Å². The summed E-state index contributed by atoms with van der Waals surface area (Å²) in [5.74, 6) is 1.70. The Labute approximate surface area is 77.3 Å². The molecule has 0 N–H and O–H groups in total. The van der Waals surface area contributed by atoms with Gasteiger partial charge >= 0.3 is 0 Å². The van der Waals surface area contributed by atoms with E-state index in [1.54, 1.807) is 0 Å². The Morgan fingerprint density at radius 2 is 2.38 bits per heavy atom. The molecule has 0 aromatic heterocycles. The number of rotatable bonds is 0. The second-order valence-corrected chi connectivity index (χ2v) is 3.57. The van der Waals surface area contributed by atoms with Gasteiger partial charge in [-0.15, -0.1) is 0 Å². The topological polar surface area (TPSA) is 21.6 Å². The molecule has 0 aliphatic carbocycles. The van der Waals surface area contributed by atoms with Gasteiger partial charge in [0.2, 0.25) is 0 Å². The summed E-state index contributed by atoms with van der Waals surface area (Å²) in [6, 6.07) is 6.13. The van der Waals surface area contributed by atoms with Gasteiger partial charge in [0.05, 0.1) is 12.3 Å². The first-order chi connectivity index (χ1) is 6.45. The van der Waals surface area contributed by atoms with Gasteiger partial charge in [-0.05, 0) is 30.9 Å². The van der Waals surface area contributed by atoms with E-state index in [2.05, 4.69) is 11.1 Å². The van der Waals surface area contributed by atoms with Gasteiger partial charge in [0.15, 0.2) is 0 Å². The summed E-state index contributed by atoms with van der Waals surface area (Å²) in [5.41, 5.74) is 2.43. The Bertz CT molecular complexity index is 370. The molecule has 1 atom stereocenters. The standard InChI is InChI=1S/C11H11NO/c1-2-9-11-8(4-6-12-9)5-7-13-10(11)3-1/h1-3,6,8H,4-5,7H2. The molecule has 0 saturated carbocycles. The molecule has 2 nitrogen and oxygen atoms in total. The van der Waals surface area contributed by atoms with Crippen LogP contribution in [0.3, 0.4) is 0 Å². The Kier molecular flexibility index (Phi) is 1.42. The zero-order valence-corrected chi connectivity index (χ0v) is 7.36. The van der Waals surface area contributed by atoms with Gasteiger partial charge in [-0.3, -0.25) is 4.99 Å². The summed E-state index contributed by atoms with van der Waals surface area (Å²) in [7, 11) is 0. The zero-order chi connectivity index (χ0) is 8.67. The van der Waals surface area contributed by atoms with Crippen molar-refractivity contribution in [3.63, 3.8) is 0 Å². The van der Waals surface area contributed by atoms with Gasteiger partial charge < -0.3 is 4.74 Å². The number of benzene rings is 1. The Hall–Kier alpha value is -1.31. The van der Waals surface area contributed by atoms with Gasteiger partial charge in [0.25, 0.3) is 0 Å². The first-order valence-corrected chi connectivity index (χ1v) is 4.73. The van der Waals surface area contributed by atoms with Crippen molar-refractivity contribution in [1.29, 1.82) is 0 Å². The lowest BCUT2D eigenvalue weighted by atomic mass is 9.88. The molecule has 1 aromatic carbocycles. The van der Waals surface area contributed by atoms with Crippen molar-refractivity contribution in [2.45, 2.75) is 18.8 Å². The first kappa shape index (κ1) is 7.13. The summed E-state index contributed by atoms with van der Waals surface area (Å²) >= 11 is 0. The lowest BCUT2D eigenvalue weighted by Gasteiger charge is -2.28. The van der Waals surface area contributed by atoms with Crippen LogP contribution in [0.4, 0.5) is 5.69 Å². The van der Waals surface area contributed by atoms with Crippen molar-refractivity contribution < 1.29 is 4.74 Å². The molecule has 1 aromatic rings. The van der Waals surface area contributed by atoms with Crippen LogP contribution >= 0.6 is 0 Å². The zero-order valence-electron chi connectivity index (χ0n) is 7.36. The fourth-order valence-electron chi connectivity index (χ4n) is 2.15. The molecule has 2 heterocycles. The molecular formula is C11H11NO. The van der Waals surface area contributed by atoms with Crippen molar-refractivity contribution in [2.24, 2.45) is 4.99 Å². The van der Waals surface area contributed by atoms with E-state index in [0.717, 1.165) is 30.9 Å². The monoisotopic (exact) mass is 173 g/mol. The normalized spacial score (nSPS) is 23.5. The van der Waals surface area contributed by atoms with E-state index in [-0.39, 0.29) is 0 Å². The highest BCUT2D eigenvalue weighted by Gasteiger charge is 2.25. The first-order valence-electron chi connectivity index (χ1n) is 4.73. The second kappa shape index (κ2) is 2.59. The minimum absolute atomic E-state index is 0.650. The maximum absolute atomic E-state index is 5.60. The lowest BCUT2D eigenvalue weighted by molar-refractivity contribution is 0.269. The largest absolute Gasteiger partial charge is 0.493 e. The predicted molar refractivity (Wildman–Crippen MR) is 52.1 cm³/mol. The average Bonchev–Trinajstić information content (AvgIpc) is 2.19. The number of nitrogens with zero attached hydrogens (tertiary/aromatic N) is 1. The van der Waals surface area contributed by atoms with E-state index < -0.39 is 0 Å². The summed E-state index contributed by atoms with van der Waals surface area (Å²) < 4.78 is 5.60. The SMILES string of the molecule is C1=Nc2cccc3c2C(C1)CCO3. The van der Waals surface area contributed by atoms with Crippen molar-refractivity contribution in [2.75, 3.05) is 6.61 Å².